The van der Waals surface area contributed by atoms with Crippen LogP contribution in [0.3, 0.4) is 0 Å². The summed E-state index contributed by atoms with van der Waals surface area (Å²) in [6.45, 7) is 6.12. The number of hydrogen-bond acceptors (Lipinski definition) is 2. The van der Waals surface area contributed by atoms with Crippen molar-refractivity contribution < 1.29 is 10.2 Å². The topological polar surface area (TPSA) is 40.5 Å². The highest BCUT2D eigenvalue weighted by Gasteiger charge is 2.47. The van der Waals surface area contributed by atoms with Gasteiger partial charge in [-0.1, -0.05) is 18.6 Å². The fourth-order valence-electron chi connectivity index (χ4n) is 4.14. The van der Waals surface area contributed by atoms with E-state index in [0.29, 0.717) is 5.92 Å². The standard InChI is InChI=1S/C17H30O2/c1-16(2,19)11-5-4-7-13-9-10-14-15(18)8-6-12-17(13,14)3/h7,14-15,18-19H,4-6,8-12H2,1-3H3. The molecule has 2 rings (SSSR count). The quantitative estimate of drug-likeness (QED) is 0.600. The van der Waals surface area contributed by atoms with Gasteiger partial charge in [-0.2, -0.15) is 0 Å². The van der Waals surface area contributed by atoms with Gasteiger partial charge in [0.1, 0.15) is 0 Å². The van der Waals surface area contributed by atoms with E-state index in [1.54, 1.807) is 5.57 Å². The molecule has 2 aliphatic carbocycles. The Morgan fingerprint density at radius 3 is 2.79 bits per heavy atom. The van der Waals surface area contributed by atoms with Crippen LogP contribution in [-0.2, 0) is 0 Å². The molecule has 0 bridgehead atoms. The van der Waals surface area contributed by atoms with Crippen molar-refractivity contribution in [2.24, 2.45) is 11.3 Å². The third kappa shape index (κ3) is 3.41. The number of fused-ring (bicyclic) bond motifs is 1. The van der Waals surface area contributed by atoms with Gasteiger partial charge in [-0.25, -0.2) is 0 Å². The van der Waals surface area contributed by atoms with Crippen molar-refractivity contribution >= 4 is 0 Å². The van der Waals surface area contributed by atoms with Gasteiger partial charge in [-0.3, -0.25) is 0 Å². The summed E-state index contributed by atoms with van der Waals surface area (Å²) in [4.78, 5) is 0. The second-order valence-corrected chi connectivity index (χ2v) is 7.46. The van der Waals surface area contributed by atoms with Crippen molar-refractivity contribution in [3.63, 3.8) is 0 Å². The van der Waals surface area contributed by atoms with E-state index in [1.165, 1.54) is 12.8 Å². The summed E-state index contributed by atoms with van der Waals surface area (Å²) in [6, 6.07) is 0. The van der Waals surface area contributed by atoms with Crippen LogP contribution in [0.4, 0.5) is 0 Å². The zero-order chi connectivity index (χ0) is 14.1. The third-order valence-corrected chi connectivity index (χ3v) is 5.32. The second kappa shape index (κ2) is 5.57. The Kier molecular flexibility index (Phi) is 4.42. The number of hydrogen-bond donors (Lipinski definition) is 2. The molecule has 3 unspecified atom stereocenters. The minimum atomic E-state index is -0.540. The number of rotatable bonds is 4. The van der Waals surface area contributed by atoms with Gasteiger partial charge in [0.25, 0.3) is 0 Å². The van der Waals surface area contributed by atoms with E-state index in [9.17, 15) is 10.2 Å². The van der Waals surface area contributed by atoms with Crippen LogP contribution in [0.25, 0.3) is 0 Å². The van der Waals surface area contributed by atoms with Crippen LogP contribution in [0.1, 0.15) is 72.1 Å². The molecule has 0 heterocycles. The van der Waals surface area contributed by atoms with Crippen LogP contribution in [0.2, 0.25) is 0 Å². The molecule has 3 atom stereocenters. The van der Waals surface area contributed by atoms with Gasteiger partial charge < -0.3 is 10.2 Å². The lowest BCUT2D eigenvalue weighted by Gasteiger charge is -2.40. The SMILES string of the molecule is CC(C)(O)CCCC=C1CCC2C(O)CCCC12C. The third-order valence-electron chi connectivity index (χ3n) is 5.32. The van der Waals surface area contributed by atoms with Gasteiger partial charge in [0.05, 0.1) is 11.7 Å². The van der Waals surface area contributed by atoms with Crippen molar-refractivity contribution in [1.82, 2.24) is 0 Å². The van der Waals surface area contributed by atoms with Gasteiger partial charge in [-0.15, -0.1) is 0 Å². The monoisotopic (exact) mass is 266 g/mol. The Bertz CT molecular complexity index is 340. The summed E-state index contributed by atoms with van der Waals surface area (Å²) < 4.78 is 0. The van der Waals surface area contributed by atoms with E-state index >= 15 is 0 Å². The molecule has 110 valence electrons. The first-order chi connectivity index (χ1) is 8.83. The Morgan fingerprint density at radius 1 is 1.37 bits per heavy atom. The van der Waals surface area contributed by atoms with Crippen LogP contribution < -0.4 is 0 Å². The summed E-state index contributed by atoms with van der Waals surface area (Å²) in [5.74, 6) is 0.488. The summed E-state index contributed by atoms with van der Waals surface area (Å²) >= 11 is 0. The maximum absolute atomic E-state index is 10.2. The first kappa shape index (κ1) is 15.1. The van der Waals surface area contributed by atoms with Gasteiger partial charge in [0.15, 0.2) is 0 Å². The second-order valence-electron chi connectivity index (χ2n) is 7.46. The van der Waals surface area contributed by atoms with E-state index in [1.807, 2.05) is 13.8 Å². The molecule has 2 saturated carbocycles. The van der Waals surface area contributed by atoms with E-state index in [2.05, 4.69) is 13.0 Å². The summed E-state index contributed by atoms with van der Waals surface area (Å²) in [6.07, 6.45) is 11.0. The van der Waals surface area contributed by atoms with E-state index in [-0.39, 0.29) is 11.5 Å². The average Bonchev–Trinajstić information content (AvgIpc) is 2.62. The van der Waals surface area contributed by atoms with E-state index in [4.69, 9.17) is 0 Å². The van der Waals surface area contributed by atoms with Crippen LogP contribution >= 0.6 is 0 Å². The first-order valence-electron chi connectivity index (χ1n) is 7.93. The highest BCUT2D eigenvalue weighted by atomic mass is 16.3. The largest absolute Gasteiger partial charge is 0.393 e. The van der Waals surface area contributed by atoms with Gasteiger partial charge >= 0.3 is 0 Å². The van der Waals surface area contributed by atoms with E-state index < -0.39 is 5.60 Å². The van der Waals surface area contributed by atoms with Crippen molar-refractivity contribution in [2.75, 3.05) is 0 Å². The average molecular weight is 266 g/mol. The number of aliphatic hydroxyl groups is 2. The number of allylic oxidation sites excluding steroid dienone is 2. The molecule has 0 spiro atoms. The zero-order valence-corrected chi connectivity index (χ0v) is 12.8. The van der Waals surface area contributed by atoms with Gasteiger partial charge in [0.2, 0.25) is 0 Å². The van der Waals surface area contributed by atoms with Crippen molar-refractivity contribution in [2.45, 2.75) is 83.8 Å². The minimum absolute atomic E-state index is 0.0824. The van der Waals surface area contributed by atoms with E-state index in [0.717, 1.165) is 38.5 Å². The Labute approximate surface area is 117 Å². The Hall–Kier alpha value is -0.340. The molecule has 2 heteroatoms. The molecule has 0 radical (unpaired) electrons. The fraction of sp³-hybridized carbons (Fsp3) is 0.882. The molecular formula is C17H30O2. The van der Waals surface area contributed by atoms with Crippen molar-refractivity contribution in [1.29, 1.82) is 0 Å². The van der Waals surface area contributed by atoms with Crippen LogP contribution in [0, 0.1) is 11.3 Å². The Balaban J connectivity index is 1.94. The minimum Gasteiger partial charge on any atom is -0.393 e. The van der Waals surface area contributed by atoms with Crippen LogP contribution in [0.15, 0.2) is 11.6 Å². The zero-order valence-electron chi connectivity index (χ0n) is 12.8. The molecule has 0 saturated heterocycles. The summed E-state index contributed by atoms with van der Waals surface area (Å²) in [7, 11) is 0. The predicted octanol–water partition coefficient (Wildman–Crippen LogP) is 3.82. The lowest BCUT2D eigenvalue weighted by atomic mass is 9.66. The highest BCUT2D eigenvalue weighted by molar-refractivity contribution is 5.22. The predicted molar refractivity (Wildman–Crippen MR) is 78.9 cm³/mol. The normalized spacial score (nSPS) is 37.6. The highest BCUT2D eigenvalue weighted by Crippen LogP contribution is 2.55. The molecule has 19 heavy (non-hydrogen) atoms. The molecule has 0 aromatic heterocycles. The Morgan fingerprint density at radius 2 is 2.11 bits per heavy atom. The smallest absolute Gasteiger partial charge is 0.0591 e. The molecule has 2 nitrogen and oxygen atoms in total. The molecule has 0 aromatic rings. The number of unbranched alkanes of at least 4 members (excludes halogenated alkanes) is 1. The van der Waals surface area contributed by atoms with Crippen molar-refractivity contribution in [3.05, 3.63) is 11.6 Å². The molecule has 0 aliphatic heterocycles. The molecular weight excluding hydrogens is 236 g/mol. The molecule has 2 N–H and O–H groups in total. The summed E-state index contributed by atoms with van der Waals surface area (Å²) in [5, 5.41) is 19.9. The molecule has 2 aliphatic rings. The molecule has 2 fully saturated rings. The molecule has 0 amide bonds. The lowest BCUT2D eigenvalue weighted by molar-refractivity contribution is 0.0148. The first-order valence-corrected chi connectivity index (χ1v) is 7.93. The van der Waals surface area contributed by atoms with Gasteiger partial charge in [-0.05, 0) is 76.5 Å². The number of aliphatic hydroxyl groups excluding tert-OH is 1. The lowest BCUT2D eigenvalue weighted by Crippen LogP contribution is -2.37. The van der Waals surface area contributed by atoms with Crippen LogP contribution in [-0.4, -0.2) is 21.9 Å². The van der Waals surface area contributed by atoms with Crippen molar-refractivity contribution in [3.8, 4) is 0 Å². The van der Waals surface area contributed by atoms with Crippen LogP contribution in [0.5, 0.6) is 0 Å². The maximum Gasteiger partial charge on any atom is 0.0591 e. The fourth-order valence-corrected chi connectivity index (χ4v) is 4.14. The summed E-state index contributed by atoms with van der Waals surface area (Å²) in [5.41, 5.74) is 1.29. The van der Waals surface area contributed by atoms with Gasteiger partial charge in [0, 0.05) is 0 Å². The maximum atomic E-state index is 10.2. The molecule has 0 aromatic carbocycles.